The third-order valence-electron chi connectivity index (χ3n) is 5.44. The van der Waals surface area contributed by atoms with Crippen molar-refractivity contribution in [3.63, 3.8) is 0 Å². The number of nitrogens with zero attached hydrogens (tertiary/aromatic N) is 2. The third kappa shape index (κ3) is 5.51. The molecule has 36 heavy (non-hydrogen) atoms. The van der Waals surface area contributed by atoms with E-state index in [0.717, 1.165) is 22.5 Å². The Kier molecular flexibility index (Phi) is 7.90. The first-order valence-corrected chi connectivity index (χ1v) is 12.1. The normalized spacial score (nSPS) is 10.7. The van der Waals surface area contributed by atoms with Crippen molar-refractivity contribution < 1.29 is 19.0 Å². The predicted octanol–water partition coefficient (Wildman–Crippen LogP) is 6.30. The molecule has 0 aliphatic heterocycles. The van der Waals surface area contributed by atoms with Crippen LogP contribution in [-0.2, 0) is 0 Å². The molecule has 186 valence electrons. The number of nitrogens with one attached hydrogen (secondary N) is 1. The summed E-state index contributed by atoms with van der Waals surface area (Å²) in [6.45, 7) is 9.00. The topological polar surface area (TPSA) is 74.6 Å². The summed E-state index contributed by atoms with van der Waals surface area (Å²) >= 11 is 0. The fourth-order valence-corrected chi connectivity index (χ4v) is 3.89. The highest BCUT2D eigenvalue weighted by atomic mass is 16.5. The Balaban J connectivity index is 1.74. The Morgan fingerprint density at radius 3 is 2.11 bits per heavy atom. The average Bonchev–Trinajstić information content (AvgIpc) is 3.30. The maximum atomic E-state index is 13.5. The lowest BCUT2D eigenvalue weighted by Crippen LogP contribution is -2.16. The Labute approximate surface area is 211 Å². The largest absolute Gasteiger partial charge is 0.490 e. The van der Waals surface area contributed by atoms with Crippen molar-refractivity contribution in [2.24, 2.45) is 0 Å². The molecule has 1 aromatic heterocycles. The molecule has 0 unspecified atom stereocenters. The number of anilines is 1. The number of carbonyl (C=O) groups excluding carboxylic acids is 1. The van der Waals surface area contributed by atoms with E-state index in [1.807, 2.05) is 82.3 Å². The summed E-state index contributed by atoms with van der Waals surface area (Å²) in [6, 6.07) is 23.0. The van der Waals surface area contributed by atoms with Crippen LogP contribution in [0.1, 0.15) is 36.7 Å². The minimum Gasteiger partial charge on any atom is -0.490 e. The Bertz CT molecular complexity index is 1300. The fraction of sp³-hybridized carbons (Fsp3) is 0.241. The van der Waals surface area contributed by atoms with Gasteiger partial charge in [0.15, 0.2) is 11.5 Å². The van der Waals surface area contributed by atoms with Crippen LogP contribution in [0.25, 0.3) is 16.9 Å². The fourth-order valence-electron chi connectivity index (χ4n) is 3.89. The van der Waals surface area contributed by atoms with E-state index >= 15 is 0 Å². The molecule has 1 N–H and O–H groups in total. The van der Waals surface area contributed by atoms with Crippen molar-refractivity contribution in [2.75, 3.05) is 25.1 Å². The van der Waals surface area contributed by atoms with Gasteiger partial charge in [0.05, 0.1) is 31.2 Å². The molecule has 0 aliphatic carbocycles. The highest BCUT2D eigenvalue weighted by molar-refractivity contribution is 6.05. The van der Waals surface area contributed by atoms with Crippen molar-refractivity contribution in [3.8, 4) is 34.2 Å². The van der Waals surface area contributed by atoms with Gasteiger partial charge in [-0.1, -0.05) is 42.0 Å². The van der Waals surface area contributed by atoms with Crippen molar-refractivity contribution in [1.82, 2.24) is 9.78 Å². The number of rotatable bonds is 10. The first-order valence-electron chi connectivity index (χ1n) is 12.1. The molecule has 0 spiro atoms. The van der Waals surface area contributed by atoms with Gasteiger partial charge in [0.2, 0.25) is 5.75 Å². The van der Waals surface area contributed by atoms with Crippen molar-refractivity contribution in [3.05, 3.63) is 83.9 Å². The smallest absolute Gasteiger partial charge is 0.257 e. The summed E-state index contributed by atoms with van der Waals surface area (Å²) in [5, 5.41) is 7.83. The zero-order valence-corrected chi connectivity index (χ0v) is 21.1. The Hall–Kier alpha value is -4.26. The molecule has 0 fully saturated rings. The average molecular weight is 486 g/mol. The second-order valence-corrected chi connectivity index (χ2v) is 8.09. The monoisotopic (exact) mass is 485 g/mol. The summed E-state index contributed by atoms with van der Waals surface area (Å²) in [7, 11) is 0. The lowest BCUT2D eigenvalue weighted by atomic mass is 10.1. The summed E-state index contributed by atoms with van der Waals surface area (Å²) in [5.41, 5.74) is 4.09. The molecule has 0 atom stereocenters. The van der Waals surface area contributed by atoms with Crippen LogP contribution in [0.4, 0.5) is 5.82 Å². The number of hydrogen-bond donors (Lipinski definition) is 1. The number of aromatic nitrogens is 2. The van der Waals surface area contributed by atoms with Crippen LogP contribution < -0.4 is 19.5 Å². The van der Waals surface area contributed by atoms with E-state index in [1.165, 1.54) is 0 Å². The van der Waals surface area contributed by atoms with Crippen LogP contribution in [0.5, 0.6) is 17.2 Å². The number of aryl methyl sites for hydroxylation is 1. The second kappa shape index (κ2) is 11.4. The van der Waals surface area contributed by atoms with Crippen molar-refractivity contribution in [1.29, 1.82) is 0 Å². The van der Waals surface area contributed by atoms with Crippen LogP contribution in [0.2, 0.25) is 0 Å². The highest BCUT2D eigenvalue weighted by Crippen LogP contribution is 2.39. The molecule has 0 saturated carbocycles. The molecule has 0 saturated heterocycles. The van der Waals surface area contributed by atoms with Gasteiger partial charge >= 0.3 is 0 Å². The number of carbonyl (C=O) groups is 1. The van der Waals surface area contributed by atoms with E-state index in [-0.39, 0.29) is 5.91 Å². The van der Waals surface area contributed by atoms with E-state index in [2.05, 4.69) is 11.4 Å². The number of para-hydroxylation sites is 1. The quantitative estimate of drug-likeness (QED) is 0.285. The van der Waals surface area contributed by atoms with Crippen LogP contribution in [0, 0.1) is 6.92 Å². The van der Waals surface area contributed by atoms with E-state index in [9.17, 15) is 4.79 Å². The van der Waals surface area contributed by atoms with Gasteiger partial charge in [0.1, 0.15) is 5.82 Å². The second-order valence-electron chi connectivity index (χ2n) is 8.09. The zero-order valence-electron chi connectivity index (χ0n) is 21.1. The third-order valence-corrected chi connectivity index (χ3v) is 5.44. The number of hydrogen-bond acceptors (Lipinski definition) is 5. The van der Waals surface area contributed by atoms with E-state index in [0.29, 0.717) is 48.5 Å². The molecule has 7 heteroatoms. The van der Waals surface area contributed by atoms with Gasteiger partial charge in [-0.25, -0.2) is 4.68 Å². The van der Waals surface area contributed by atoms with Gasteiger partial charge < -0.3 is 19.5 Å². The Morgan fingerprint density at radius 2 is 1.50 bits per heavy atom. The van der Waals surface area contributed by atoms with Crippen LogP contribution in [0.15, 0.2) is 72.8 Å². The van der Waals surface area contributed by atoms with Gasteiger partial charge in [-0.2, -0.15) is 5.10 Å². The minimum absolute atomic E-state index is 0.312. The number of benzene rings is 3. The lowest BCUT2D eigenvalue weighted by Gasteiger charge is -2.17. The zero-order chi connectivity index (χ0) is 25.5. The maximum Gasteiger partial charge on any atom is 0.257 e. The first kappa shape index (κ1) is 24.9. The van der Waals surface area contributed by atoms with E-state index in [4.69, 9.17) is 19.3 Å². The lowest BCUT2D eigenvalue weighted by molar-refractivity contribution is 0.102. The molecule has 0 bridgehead atoms. The summed E-state index contributed by atoms with van der Waals surface area (Å²) in [5.74, 6) is 1.66. The Morgan fingerprint density at radius 1 is 0.833 bits per heavy atom. The highest BCUT2D eigenvalue weighted by Gasteiger charge is 2.20. The van der Waals surface area contributed by atoms with Crippen molar-refractivity contribution in [2.45, 2.75) is 27.7 Å². The predicted molar refractivity (Wildman–Crippen MR) is 142 cm³/mol. The molecular formula is C29H31N3O4. The SMILES string of the molecule is CCOc1cc(C(=O)Nc2cc(-c3cccc(C)c3)nn2-c2ccccc2)cc(OCC)c1OCC. The number of amides is 1. The van der Waals surface area contributed by atoms with Gasteiger partial charge in [-0.15, -0.1) is 0 Å². The summed E-state index contributed by atoms with van der Waals surface area (Å²) in [6.07, 6.45) is 0. The summed E-state index contributed by atoms with van der Waals surface area (Å²) < 4.78 is 19.1. The van der Waals surface area contributed by atoms with E-state index < -0.39 is 0 Å². The molecule has 3 aromatic carbocycles. The standard InChI is InChI=1S/C29H31N3O4/c1-5-34-25-17-22(18-26(35-6-2)28(25)36-7-3)29(33)30-27-19-24(21-13-11-12-20(4)16-21)31-32(27)23-14-9-8-10-15-23/h8-19H,5-7H2,1-4H3,(H,30,33). The first-order chi connectivity index (χ1) is 17.5. The molecule has 0 aliphatic rings. The molecular weight excluding hydrogens is 454 g/mol. The van der Waals surface area contributed by atoms with Gasteiger partial charge in [0.25, 0.3) is 5.91 Å². The molecule has 1 heterocycles. The van der Waals surface area contributed by atoms with E-state index in [1.54, 1.807) is 16.8 Å². The van der Waals surface area contributed by atoms with Gasteiger partial charge in [0, 0.05) is 17.2 Å². The maximum absolute atomic E-state index is 13.5. The molecule has 1 amide bonds. The number of ether oxygens (including phenoxy) is 3. The summed E-state index contributed by atoms with van der Waals surface area (Å²) in [4.78, 5) is 13.5. The molecule has 7 nitrogen and oxygen atoms in total. The van der Waals surface area contributed by atoms with Crippen LogP contribution >= 0.6 is 0 Å². The van der Waals surface area contributed by atoms with Gasteiger partial charge in [-0.05, 0) is 58.0 Å². The molecule has 4 rings (SSSR count). The minimum atomic E-state index is -0.312. The van der Waals surface area contributed by atoms with Crippen LogP contribution in [0.3, 0.4) is 0 Å². The van der Waals surface area contributed by atoms with Crippen molar-refractivity contribution >= 4 is 11.7 Å². The molecule has 0 radical (unpaired) electrons. The van der Waals surface area contributed by atoms with Gasteiger partial charge in [-0.3, -0.25) is 4.79 Å². The molecule has 4 aromatic rings. The van der Waals surface area contributed by atoms with Crippen LogP contribution in [-0.4, -0.2) is 35.5 Å².